The van der Waals surface area contributed by atoms with Crippen molar-refractivity contribution in [3.63, 3.8) is 0 Å². The van der Waals surface area contributed by atoms with Crippen LogP contribution in [0.5, 0.6) is 11.5 Å². The smallest absolute Gasteiger partial charge is 0.267 e. The molecule has 2 aliphatic rings. The van der Waals surface area contributed by atoms with Crippen LogP contribution in [0.3, 0.4) is 0 Å². The summed E-state index contributed by atoms with van der Waals surface area (Å²) in [6.07, 6.45) is 6.76. The van der Waals surface area contributed by atoms with E-state index in [4.69, 9.17) is 44.3 Å². The standard InChI is InChI=1S/C30H26Cl3FN2O3S/c1-38-26-14-18(13-23(33)28(26)39-17-19-11-12-20(31)16-22(19)32)15-27-29(37)36(21-7-3-2-4-8-21)30(40-27)35-25-10-6-5-9-24(25)34/h5-6,9-16,21H,2-4,7-8,17H2,1H3/b27-15-,35-30?. The fraction of sp³-hybridized carbons (Fsp3) is 0.267. The number of benzene rings is 3. The molecule has 2 fully saturated rings. The minimum absolute atomic E-state index is 0.0266. The molecule has 0 N–H and O–H groups in total. The average Bonchev–Trinajstić information content (AvgIpc) is 3.24. The van der Waals surface area contributed by atoms with Gasteiger partial charge in [0.15, 0.2) is 16.7 Å². The number of hydrogen-bond donors (Lipinski definition) is 0. The summed E-state index contributed by atoms with van der Waals surface area (Å²) in [6, 6.07) is 15.0. The molecule has 0 aromatic heterocycles. The second kappa shape index (κ2) is 12.9. The Morgan fingerprint density at radius 1 is 1.05 bits per heavy atom. The fourth-order valence-corrected chi connectivity index (χ4v) is 6.56. The Morgan fingerprint density at radius 2 is 1.82 bits per heavy atom. The third kappa shape index (κ3) is 6.44. The first kappa shape index (κ1) is 28.8. The van der Waals surface area contributed by atoms with Gasteiger partial charge in [-0.1, -0.05) is 72.3 Å². The van der Waals surface area contributed by atoms with E-state index in [-0.39, 0.29) is 24.2 Å². The molecular formula is C30H26Cl3FN2O3S. The lowest BCUT2D eigenvalue weighted by atomic mass is 9.94. The molecule has 0 unspecified atom stereocenters. The van der Waals surface area contributed by atoms with Gasteiger partial charge in [0.1, 0.15) is 18.1 Å². The molecule has 3 aromatic rings. The summed E-state index contributed by atoms with van der Waals surface area (Å²) >= 11 is 20.1. The second-order valence-electron chi connectivity index (χ2n) is 9.48. The summed E-state index contributed by atoms with van der Waals surface area (Å²) in [4.78, 5) is 20.4. The second-order valence-corrected chi connectivity index (χ2v) is 11.7. The highest BCUT2D eigenvalue weighted by molar-refractivity contribution is 8.18. The molecule has 40 heavy (non-hydrogen) atoms. The zero-order chi connectivity index (χ0) is 28.2. The van der Waals surface area contributed by atoms with E-state index in [0.29, 0.717) is 42.2 Å². The fourth-order valence-electron chi connectivity index (χ4n) is 4.77. The summed E-state index contributed by atoms with van der Waals surface area (Å²) in [5.74, 6) is 0.175. The van der Waals surface area contributed by atoms with Crippen LogP contribution in [0.15, 0.2) is 64.5 Å². The summed E-state index contributed by atoms with van der Waals surface area (Å²) < 4.78 is 26.0. The number of methoxy groups -OCH3 is 1. The lowest BCUT2D eigenvalue weighted by Gasteiger charge is -2.30. The normalized spacial score (nSPS) is 18.1. The highest BCUT2D eigenvalue weighted by atomic mass is 35.5. The Bertz CT molecular complexity index is 1490. The number of ether oxygens (including phenoxy) is 2. The first-order valence-corrected chi connectivity index (χ1v) is 14.8. The number of carbonyl (C=O) groups is 1. The summed E-state index contributed by atoms with van der Waals surface area (Å²) in [7, 11) is 1.52. The summed E-state index contributed by atoms with van der Waals surface area (Å²) in [5, 5.41) is 1.81. The van der Waals surface area contributed by atoms with Gasteiger partial charge in [-0.15, -0.1) is 0 Å². The molecule has 1 saturated carbocycles. The molecule has 0 radical (unpaired) electrons. The van der Waals surface area contributed by atoms with Gasteiger partial charge < -0.3 is 9.47 Å². The SMILES string of the molecule is COc1cc(/C=C2\SC(=Nc3ccccc3F)N(C3CCCCC3)C2=O)cc(Cl)c1OCc1ccc(Cl)cc1Cl. The lowest BCUT2D eigenvalue weighted by molar-refractivity contribution is -0.124. The average molecular weight is 620 g/mol. The minimum atomic E-state index is -0.434. The van der Waals surface area contributed by atoms with Crippen molar-refractivity contribution in [2.24, 2.45) is 4.99 Å². The number of rotatable bonds is 7. The number of nitrogens with zero attached hydrogens (tertiary/aromatic N) is 2. The minimum Gasteiger partial charge on any atom is -0.493 e. The van der Waals surface area contributed by atoms with Gasteiger partial charge in [0.05, 0.1) is 17.0 Å². The molecule has 1 saturated heterocycles. The van der Waals surface area contributed by atoms with Gasteiger partial charge in [-0.05, 0) is 72.6 Å². The largest absolute Gasteiger partial charge is 0.493 e. The number of para-hydroxylation sites is 1. The zero-order valence-electron chi connectivity index (χ0n) is 21.6. The molecule has 1 heterocycles. The van der Waals surface area contributed by atoms with Crippen LogP contribution in [-0.4, -0.2) is 29.1 Å². The van der Waals surface area contributed by atoms with Crippen LogP contribution < -0.4 is 9.47 Å². The number of thioether (sulfide) groups is 1. The highest BCUT2D eigenvalue weighted by Crippen LogP contribution is 2.42. The van der Waals surface area contributed by atoms with Gasteiger partial charge in [-0.25, -0.2) is 9.38 Å². The number of halogens is 4. The third-order valence-corrected chi connectivity index (χ3v) is 8.63. The van der Waals surface area contributed by atoms with E-state index in [9.17, 15) is 9.18 Å². The first-order valence-electron chi connectivity index (χ1n) is 12.8. The van der Waals surface area contributed by atoms with Crippen molar-refractivity contribution >= 4 is 69.4 Å². The maximum absolute atomic E-state index is 14.4. The van der Waals surface area contributed by atoms with Crippen LogP contribution >= 0.6 is 46.6 Å². The summed E-state index contributed by atoms with van der Waals surface area (Å²) in [6.45, 7) is 0.160. The molecule has 3 aromatic carbocycles. The Morgan fingerprint density at radius 3 is 2.55 bits per heavy atom. The molecule has 5 nitrogen and oxygen atoms in total. The molecule has 5 rings (SSSR count). The van der Waals surface area contributed by atoms with E-state index in [1.807, 2.05) is 0 Å². The molecular weight excluding hydrogens is 594 g/mol. The maximum atomic E-state index is 14.4. The van der Waals surface area contributed by atoms with Gasteiger partial charge in [-0.2, -0.15) is 0 Å². The van der Waals surface area contributed by atoms with E-state index in [1.165, 1.54) is 24.9 Å². The molecule has 0 atom stereocenters. The molecule has 10 heteroatoms. The van der Waals surface area contributed by atoms with Crippen molar-refractivity contribution in [3.8, 4) is 11.5 Å². The van der Waals surface area contributed by atoms with Crippen LogP contribution in [0.2, 0.25) is 15.1 Å². The Hall–Kier alpha value is -2.71. The van der Waals surface area contributed by atoms with E-state index in [0.717, 1.165) is 37.7 Å². The highest BCUT2D eigenvalue weighted by Gasteiger charge is 2.39. The zero-order valence-corrected chi connectivity index (χ0v) is 24.7. The van der Waals surface area contributed by atoms with Crippen LogP contribution in [-0.2, 0) is 11.4 Å². The lowest BCUT2D eigenvalue weighted by Crippen LogP contribution is -2.40. The molecule has 0 spiro atoms. The topological polar surface area (TPSA) is 51.1 Å². The van der Waals surface area contributed by atoms with Crippen LogP contribution in [0, 0.1) is 5.82 Å². The number of amidine groups is 1. The number of aliphatic imine (C=N–C) groups is 1. The van der Waals surface area contributed by atoms with Gasteiger partial charge in [0, 0.05) is 21.7 Å². The van der Waals surface area contributed by atoms with Crippen molar-refractivity contribution in [2.45, 2.75) is 44.8 Å². The van der Waals surface area contributed by atoms with Gasteiger partial charge in [0.2, 0.25) is 0 Å². The predicted octanol–water partition coefficient (Wildman–Crippen LogP) is 9.31. The van der Waals surface area contributed by atoms with Gasteiger partial charge in [-0.3, -0.25) is 9.69 Å². The van der Waals surface area contributed by atoms with E-state index < -0.39 is 5.82 Å². The molecule has 208 valence electrons. The quantitative estimate of drug-likeness (QED) is 0.247. The number of amides is 1. The Balaban J connectivity index is 1.44. The predicted molar refractivity (Wildman–Crippen MR) is 162 cm³/mol. The first-order chi connectivity index (χ1) is 19.3. The van der Waals surface area contributed by atoms with Crippen LogP contribution in [0.25, 0.3) is 6.08 Å². The molecule has 1 aliphatic carbocycles. The summed E-state index contributed by atoms with van der Waals surface area (Å²) in [5.41, 5.74) is 1.60. The van der Waals surface area contributed by atoms with Crippen molar-refractivity contribution in [1.82, 2.24) is 4.90 Å². The van der Waals surface area contributed by atoms with Crippen LogP contribution in [0.4, 0.5) is 10.1 Å². The van der Waals surface area contributed by atoms with Crippen molar-refractivity contribution in [1.29, 1.82) is 0 Å². The third-order valence-electron chi connectivity index (χ3n) is 6.78. The van der Waals surface area contributed by atoms with E-state index in [1.54, 1.807) is 59.5 Å². The molecule has 0 bridgehead atoms. The van der Waals surface area contributed by atoms with Crippen molar-refractivity contribution in [3.05, 3.63) is 91.5 Å². The van der Waals surface area contributed by atoms with Gasteiger partial charge >= 0.3 is 0 Å². The Kier molecular flexibility index (Phi) is 9.26. The molecule has 1 aliphatic heterocycles. The maximum Gasteiger partial charge on any atom is 0.267 e. The Labute approximate surface area is 251 Å². The van der Waals surface area contributed by atoms with Crippen molar-refractivity contribution in [2.75, 3.05) is 7.11 Å². The number of hydrogen-bond acceptors (Lipinski definition) is 5. The monoisotopic (exact) mass is 618 g/mol. The van der Waals surface area contributed by atoms with E-state index >= 15 is 0 Å². The molecule has 1 amide bonds. The van der Waals surface area contributed by atoms with Crippen molar-refractivity contribution < 1.29 is 18.7 Å². The van der Waals surface area contributed by atoms with Gasteiger partial charge in [0.25, 0.3) is 5.91 Å². The number of carbonyl (C=O) groups excluding carboxylic acids is 1. The van der Waals surface area contributed by atoms with Crippen LogP contribution in [0.1, 0.15) is 43.2 Å². The van der Waals surface area contributed by atoms with E-state index in [2.05, 4.69) is 4.99 Å².